The van der Waals surface area contributed by atoms with Crippen molar-refractivity contribution in [1.29, 1.82) is 0 Å². The van der Waals surface area contributed by atoms with Crippen molar-refractivity contribution in [1.82, 2.24) is 15.6 Å². The number of carbonyl (C=O) groups is 2. The summed E-state index contributed by atoms with van der Waals surface area (Å²) in [6.45, 7) is 4.02. The van der Waals surface area contributed by atoms with Crippen molar-refractivity contribution < 1.29 is 23.5 Å². The van der Waals surface area contributed by atoms with Gasteiger partial charge in [0.25, 0.3) is 6.01 Å². The van der Waals surface area contributed by atoms with Gasteiger partial charge in [-0.25, -0.2) is 14.6 Å². The molecule has 0 saturated carbocycles. The lowest BCUT2D eigenvalue weighted by Gasteiger charge is -2.18. The normalized spacial score (nSPS) is 16.8. The van der Waals surface area contributed by atoms with E-state index < -0.39 is 0 Å². The number of rotatable bonds is 17. The van der Waals surface area contributed by atoms with Gasteiger partial charge in [0.15, 0.2) is 5.76 Å². The van der Waals surface area contributed by atoms with E-state index in [1.54, 1.807) is 37.6 Å². The van der Waals surface area contributed by atoms with Crippen LogP contribution in [0.25, 0.3) is 11.3 Å². The Morgan fingerprint density at radius 2 is 1.59 bits per heavy atom. The lowest BCUT2D eigenvalue weighted by molar-refractivity contribution is 0.0600. The lowest BCUT2D eigenvalue weighted by Crippen LogP contribution is -2.48. The van der Waals surface area contributed by atoms with E-state index in [-0.39, 0.29) is 24.1 Å². The summed E-state index contributed by atoms with van der Waals surface area (Å²) in [5, 5.41) is 6.04. The van der Waals surface area contributed by atoms with E-state index >= 15 is 0 Å². The minimum absolute atomic E-state index is 0.172. The van der Waals surface area contributed by atoms with Crippen LogP contribution in [0.15, 0.2) is 34.9 Å². The molecule has 0 aliphatic carbocycles. The smallest absolute Gasteiger partial charge is 0.337 e. The number of carbonyl (C=O) groups excluding carboxylic acids is 2. The molecule has 0 radical (unpaired) electrons. The minimum Gasteiger partial charge on any atom is -0.465 e. The van der Waals surface area contributed by atoms with Crippen molar-refractivity contribution in [2.45, 2.75) is 89.7 Å². The summed E-state index contributed by atoms with van der Waals surface area (Å²) < 4.78 is 16.4. The van der Waals surface area contributed by atoms with Crippen molar-refractivity contribution in [3.8, 4) is 11.3 Å². The van der Waals surface area contributed by atoms with Crippen LogP contribution in [0.2, 0.25) is 0 Å². The SMILES string of the molecule is CCCCCCCCCCCCCNC(=O)N[C@H]1CN(c2ncc(-c3ccc(C(=O)OC)cc3)o2)C[C@@H]1OC. The summed E-state index contributed by atoms with van der Waals surface area (Å²) in [5.74, 6) is 0.209. The van der Waals surface area contributed by atoms with E-state index in [1.165, 1.54) is 64.9 Å². The molecule has 1 saturated heterocycles. The average Bonchev–Trinajstić information content (AvgIpc) is 3.61. The van der Waals surface area contributed by atoms with Crippen LogP contribution >= 0.6 is 0 Å². The van der Waals surface area contributed by atoms with Gasteiger partial charge in [-0.3, -0.25) is 0 Å². The summed E-state index contributed by atoms with van der Waals surface area (Å²) in [7, 11) is 3.00. The topological polar surface area (TPSA) is 106 Å². The molecule has 9 nitrogen and oxygen atoms in total. The number of nitrogens with one attached hydrogen (secondary N) is 2. The summed E-state index contributed by atoms with van der Waals surface area (Å²) in [4.78, 5) is 30.6. The number of nitrogens with zero attached hydrogens (tertiary/aromatic N) is 2. The summed E-state index contributed by atoms with van der Waals surface area (Å²) >= 11 is 0. The quantitative estimate of drug-likeness (QED) is 0.188. The van der Waals surface area contributed by atoms with Gasteiger partial charge >= 0.3 is 12.0 Å². The molecule has 1 fully saturated rings. The Balaban J connectivity index is 1.35. The maximum Gasteiger partial charge on any atom is 0.337 e. The van der Waals surface area contributed by atoms with E-state index in [4.69, 9.17) is 13.9 Å². The molecule has 1 aliphatic heterocycles. The Hall–Kier alpha value is -3.07. The van der Waals surface area contributed by atoms with Gasteiger partial charge in [-0.15, -0.1) is 0 Å². The van der Waals surface area contributed by atoms with Crippen molar-refractivity contribution in [3.05, 3.63) is 36.0 Å². The lowest BCUT2D eigenvalue weighted by atomic mass is 10.1. The molecule has 2 N–H and O–H groups in total. The number of benzene rings is 1. The van der Waals surface area contributed by atoms with Crippen molar-refractivity contribution in [2.75, 3.05) is 38.8 Å². The molecule has 39 heavy (non-hydrogen) atoms. The fraction of sp³-hybridized carbons (Fsp3) is 0.633. The Morgan fingerprint density at radius 3 is 2.21 bits per heavy atom. The third-order valence-corrected chi connectivity index (χ3v) is 7.31. The largest absolute Gasteiger partial charge is 0.465 e. The number of urea groups is 1. The fourth-order valence-corrected chi connectivity index (χ4v) is 4.95. The zero-order chi connectivity index (χ0) is 27.9. The molecular formula is C30H46N4O5. The van der Waals surface area contributed by atoms with E-state index in [2.05, 4.69) is 22.5 Å². The third-order valence-electron chi connectivity index (χ3n) is 7.31. The summed E-state index contributed by atoms with van der Waals surface area (Å²) in [5.41, 5.74) is 1.28. The number of unbranched alkanes of at least 4 members (excludes halogenated alkanes) is 10. The standard InChI is InChI=1S/C30H46N4O5/c1-4-5-6-7-8-9-10-11-12-13-14-19-31-29(36)33-25-21-34(22-27(25)37-2)30-32-20-26(39-30)23-15-17-24(18-16-23)28(35)38-3/h15-18,20,25,27H,4-14,19,21-22H2,1-3H3,(H2,31,33,36)/t25-,27-/m0/s1. The number of anilines is 1. The molecule has 2 aromatic rings. The van der Waals surface area contributed by atoms with Crippen LogP contribution in [0.4, 0.5) is 10.8 Å². The van der Waals surface area contributed by atoms with Crippen LogP contribution in [0.3, 0.4) is 0 Å². The van der Waals surface area contributed by atoms with Gasteiger partial charge in [0.1, 0.15) is 0 Å². The van der Waals surface area contributed by atoms with E-state index in [0.717, 1.165) is 18.4 Å². The van der Waals surface area contributed by atoms with Gasteiger partial charge in [0, 0.05) is 25.8 Å². The molecule has 0 unspecified atom stereocenters. The van der Waals surface area contributed by atoms with Crippen molar-refractivity contribution in [2.24, 2.45) is 0 Å². The van der Waals surface area contributed by atoms with Crippen LogP contribution in [0.1, 0.15) is 87.9 Å². The molecule has 1 aromatic heterocycles. The summed E-state index contributed by atoms with van der Waals surface area (Å²) in [6, 6.07) is 7.09. The number of aromatic nitrogens is 1. The molecule has 0 bridgehead atoms. The second-order valence-corrected chi connectivity index (χ2v) is 10.3. The maximum atomic E-state index is 12.5. The second kappa shape index (κ2) is 16.8. The maximum absolute atomic E-state index is 12.5. The predicted octanol–water partition coefficient (Wildman–Crippen LogP) is 5.94. The highest BCUT2D eigenvalue weighted by molar-refractivity contribution is 5.89. The zero-order valence-corrected chi connectivity index (χ0v) is 23.9. The van der Waals surface area contributed by atoms with Crippen LogP contribution < -0.4 is 15.5 Å². The van der Waals surface area contributed by atoms with Gasteiger partial charge in [0.2, 0.25) is 0 Å². The average molecular weight is 543 g/mol. The second-order valence-electron chi connectivity index (χ2n) is 10.3. The highest BCUT2D eigenvalue weighted by atomic mass is 16.5. The number of hydrogen-bond acceptors (Lipinski definition) is 7. The molecule has 2 heterocycles. The number of hydrogen-bond donors (Lipinski definition) is 2. The van der Waals surface area contributed by atoms with E-state index in [1.807, 2.05) is 4.90 Å². The van der Waals surface area contributed by atoms with Crippen LogP contribution in [-0.4, -0.2) is 63.0 Å². The molecule has 216 valence electrons. The molecule has 2 amide bonds. The molecular weight excluding hydrogens is 496 g/mol. The number of esters is 1. The van der Waals surface area contributed by atoms with E-state index in [0.29, 0.717) is 37.0 Å². The first kappa shape index (κ1) is 30.5. The Kier molecular flexibility index (Phi) is 13.1. The Labute approximate surface area is 233 Å². The molecule has 9 heteroatoms. The van der Waals surface area contributed by atoms with Gasteiger partial charge in [-0.1, -0.05) is 83.3 Å². The van der Waals surface area contributed by atoms with E-state index in [9.17, 15) is 9.59 Å². The molecule has 3 rings (SSSR count). The van der Waals surface area contributed by atoms with Gasteiger partial charge in [-0.2, -0.15) is 0 Å². The first-order valence-corrected chi connectivity index (χ1v) is 14.5. The monoisotopic (exact) mass is 542 g/mol. The first-order valence-electron chi connectivity index (χ1n) is 14.5. The first-order chi connectivity index (χ1) is 19.0. The molecule has 2 atom stereocenters. The van der Waals surface area contributed by atoms with Crippen molar-refractivity contribution in [3.63, 3.8) is 0 Å². The minimum atomic E-state index is -0.385. The molecule has 1 aliphatic rings. The highest BCUT2D eigenvalue weighted by Crippen LogP contribution is 2.27. The van der Waals surface area contributed by atoms with Crippen molar-refractivity contribution >= 4 is 18.0 Å². The number of oxazole rings is 1. The molecule has 0 spiro atoms. The van der Waals surface area contributed by atoms with Crippen LogP contribution in [-0.2, 0) is 9.47 Å². The Morgan fingerprint density at radius 1 is 0.949 bits per heavy atom. The zero-order valence-electron chi connectivity index (χ0n) is 23.9. The fourth-order valence-electron chi connectivity index (χ4n) is 4.95. The molecule has 1 aromatic carbocycles. The highest BCUT2D eigenvalue weighted by Gasteiger charge is 2.36. The van der Waals surface area contributed by atoms with Crippen LogP contribution in [0, 0.1) is 0 Å². The number of amides is 2. The number of ether oxygens (including phenoxy) is 2. The third kappa shape index (κ3) is 9.88. The Bertz CT molecular complexity index is 993. The summed E-state index contributed by atoms with van der Waals surface area (Å²) in [6.07, 6.45) is 15.6. The van der Waals surface area contributed by atoms with Gasteiger partial charge in [0.05, 0.1) is 37.6 Å². The predicted molar refractivity (Wildman–Crippen MR) is 153 cm³/mol. The van der Waals surface area contributed by atoms with Gasteiger partial charge < -0.3 is 29.4 Å². The van der Waals surface area contributed by atoms with Gasteiger partial charge in [-0.05, 0) is 18.6 Å². The number of methoxy groups -OCH3 is 2. The van der Waals surface area contributed by atoms with Crippen LogP contribution in [0.5, 0.6) is 0 Å².